The number of ether oxygens (including phenoxy) is 3. The lowest BCUT2D eigenvalue weighted by Gasteiger charge is -2.29. The Morgan fingerprint density at radius 3 is 2.14 bits per heavy atom. The summed E-state index contributed by atoms with van der Waals surface area (Å²) in [4.78, 5) is 2.37. The SMILES string of the molecule is COc1cc(OC)c(OC)cc1CNC1CCN(C)CC1. The number of likely N-dealkylation sites (tertiary alicyclic amines) is 1. The van der Waals surface area contributed by atoms with Crippen LogP contribution in [0, 0.1) is 0 Å². The van der Waals surface area contributed by atoms with Crippen LogP contribution in [0.1, 0.15) is 18.4 Å². The number of rotatable bonds is 6. The molecule has 0 aliphatic carbocycles. The van der Waals surface area contributed by atoms with Crippen LogP contribution in [0.5, 0.6) is 17.2 Å². The third kappa shape index (κ3) is 4.02. The van der Waals surface area contributed by atoms with Gasteiger partial charge in [-0.1, -0.05) is 0 Å². The van der Waals surface area contributed by atoms with Crippen LogP contribution in [0.15, 0.2) is 12.1 Å². The van der Waals surface area contributed by atoms with Crippen molar-refractivity contribution in [3.05, 3.63) is 17.7 Å². The van der Waals surface area contributed by atoms with E-state index in [4.69, 9.17) is 14.2 Å². The fourth-order valence-corrected chi connectivity index (χ4v) is 2.70. The molecule has 21 heavy (non-hydrogen) atoms. The Morgan fingerprint density at radius 1 is 1.00 bits per heavy atom. The minimum absolute atomic E-state index is 0.569. The van der Waals surface area contributed by atoms with E-state index in [2.05, 4.69) is 17.3 Å². The predicted octanol–water partition coefficient (Wildman–Crippen LogP) is 1.90. The maximum absolute atomic E-state index is 5.46. The molecule has 118 valence electrons. The zero-order chi connectivity index (χ0) is 15.2. The van der Waals surface area contributed by atoms with E-state index in [-0.39, 0.29) is 0 Å². The zero-order valence-corrected chi connectivity index (χ0v) is 13.4. The summed E-state index contributed by atoms with van der Waals surface area (Å²) in [5.41, 5.74) is 1.09. The molecule has 2 rings (SSSR count). The van der Waals surface area contributed by atoms with Crippen molar-refractivity contribution in [1.82, 2.24) is 10.2 Å². The minimum atomic E-state index is 0.569. The molecule has 1 aromatic carbocycles. The molecule has 1 aliphatic heterocycles. The highest BCUT2D eigenvalue weighted by Gasteiger charge is 2.17. The van der Waals surface area contributed by atoms with Gasteiger partial charge in [0.05, 0.1) is 21.3 Å². The smallest absolute Gasteiger partial charge is 0.164 e. The average molecular weight is 294 g/mol. The van der Waals surface area contributed by atoms with E-state index in [1.165, 1.54) is 12.8 Å². The molecule has 0 amide bonds. The Labute approximate surface area is 127 Å². The first-order chi connectivity index (χ1) is 10.2. The third-order valence-corrected chi connectivity index (χ3v) is 4.09. The second-order valence-electron chi connectivity index (χ2n) is 5.48. The van der Waals surface area contributed by atoms with Crippen LogP contribution in [-0.2, 0) is 6.54 Å². The van der Waals surface area contributed by atoms with E-state index in [0.717, 1.165) is 36.7 Å². The predicted molar refractivity (Wildman–Crippen MR) is 83.5 cm³/mol. The van der Waals surface area contributed by atoms with Crippen molar-refractivity contribution in [1.29, 1.82) is 0 Å². The van der Waals surface area contributed by atoms with Crippen LogP contribution >= 0.6 is 0 Å². The average Bonchev–Trinajstić information content (AvgIpc) is 2.53. The quantitative estimate of drug-likeness (QED) is 0.868. The highest BCUT2D eigenvalue weighted by Crippen LogP contribution is 2.34. The van der Waals surface area contributed by atoms with Crippen LogP contribution in [0.3, 0.4) is 0 Å². The van der Waals surface area contributed by atoms with Gasteiger partial charge in [-0.15, -0.1) is 0 Å². The lowest BCUT2D eigenvalue weighted by molar-refractivity contribution is 0.233. The molecule has 0 bridgehead atoms. The molecule has 0 aromatic heterocycles. The maximum Gasteiger partial charge on any atom is 0.164 e. The molecule has 1 aromatic rings. The first-order valence-corrected chi connectivity index (χ1v) is 7.38. The third-order valence-electron chi connectivity index (χ3n) is 4.09. The van der Waals surface area contributed by atoms with Crippen LogP contribution < -0.4 is 19.5 Å². The number of hydrogen-bond donors (Lipinski definition) is 1. The van der Waals surface area contributed by atoms with Gasteiger partial charge in [-0.3, -0.25) is 0 Å². The molecule has 0 saturated carbocycles. The van der Waals surface area contributed by atoms with Crippen molar-refractivity contribution in [2.75, 3.05) is 41.5 Å². The molecule has 0 unspecified atom stereocenters. The lowest BCUT2D eigenvalue weighted by atomic mass is 10.0. The topological polar surface area (TPSA) is 43.0 Å². The number of nitrogens with one attached hydrogen (secondary N) is 1. The summed E-state index contributed by atoms with van der Waals surface area (Å²) in [6, 6.07) is 4.43. The maximum atomic E-state index is 5.46. The fraction of sp³-hybridized carbons (Fsp3) is 0.625. The summed E-state index contributed by atoms with van der Waals surface area (Å²) >= 11 is 0. The monoisotopic (exact) mass is 294 g/mol. The van der Waals surface area contributed by atoms with E-state index >= 15 is 0 Å². The van der Waals surface area contributed by atoms with Gasteiger partial charge in [-0.2, -0.15) is 0 Å². The van der Waals surface area contributed by atoms with Crippen molar-refractivity contribution in [3.63, 3.8) is 0 Å². The number of nitrogens with zero attached hydrogens (tertiary/aromatic N) is 1. The first kappa shape index (κ1) is 15.9. The molecule has 0 spiro atoms. The second kappa shape index (κ2) is 7.52. The summed E-state index contributed by atoms with van der Waals surface area (Å²) in [5, 5.41) is 3.62. The molecule has 1 heterocycles. The summed E-state index contributed by atoms with van der Waals surface area (Å²) in [5.74, 6) is 2.25. The Balaban J connectivity index is 2.04. The van der Waals surface area contributed by atoms with Crippen LogP contribution in [0.25, 0.3) is 0 Å². The van der Waals surface area contributed by atoms with Gasteiger partial charge >= 0.3 is 0 Å². The van der Waals surface area contributed by atoms with Gasteiger partial charge in [0.25, 0.3) is 0 Å². The van der Waals surface area contributed by atoms with Crippen molar-refractivity contribution >= 4 is 0 Å². The first-order valence-electron chi connectivity index (χ1n) is 7.38. The lowest BCUT2D eigenvalue weighted by Crippen LogP contribution is -2.40. The molecule has 0 atom stereocenters. The Kier molecular flexibility index (Phi) is 5.70. The highest BCUT2D eigenvalue weighted by atomic mass is 16.5. The van der Waals surface area contributed by atoms with Crippen LogP contribution in [0.2, 0.25) is 0 Å². The number of methoxy groups -OCH3 is 3. The second-order valence-corrected chi connectivity index (χ2v) is 5.48. The van der Waals surface area contributed by atoms with Crippen LogP contribution in [0.4, 0.5) is 0 Å². The highest BCUT2D eigenvalue weighted by molar-refractivity contribution is 5.50. The summed E-state index contributed by atoms with van der Waals surface area (Å²) in [6.07, 6.45) is 2.37. The molecular formula is C16H26N2O3. The van der Waals surface area contributed by atoms with Gasteiger partial charge in [0.15, 0.2) is 11.5 Å². The van der Waals surface area contributed by atoms with E-state index in [1.807, 2.05) is 12.1 Å². The van der Waals surface area contributed by atoms with E-state index in [1.54, 1.807) is 21.3 Å². The largest absolute Gasteiger partial charge is 0.496 e. The Hall–Kier alpha value is -1.46. The molecule has 1 fully saturated rings. The van der Waals surface area contributed by atoms with Gasteiger partial charge in [0.2, 0.25) is 0 Å². The van der Waals surface area contributed by atoms with E-state index in [0.29, 0.717) is 11.8 Å². The minimum Gasteiger partial charge on any atom is -0.496 e. The zero-order valence-electron chi connectivity index (χ0n) is 13.4. The molecule has 1 N–H and O–H groups in total. The summed E-state index contributed by atoms with van der Waals surface area (Å²) in [6.45, 7) is 3.08. The fourth-order valence-electron chi connectivity index (χ4n) is 2.70. The Morgan fingerprint density at radius 2 is 1.57 bits per heavy atom. The molecule has 5 heteroatoms. The standard InChI is InChI=1S/C16H26N2O3/c1-18-7-5-13(6-8-18)17-11-12-9-15(20-3)16(21-4)10-14(12)19-2/h9-10,13,17H,5-8,11H2,1-4H3. The summed E-state index contributed by atoms with van der Waals surface area (Å²) in [7, 11) is 7.14. The van der Waals surface area contributed by atoms with Gasteiger partial charge in [-0.05, 0) is 39.0 Å². The normalized spacial score (nSPS) is 16.8. The molecule has 5 nitrogen and oxygen atoms in total. The molecular weight excluding hydrogens is 268 g/mol. The number of benzene rings is 1. The van der Waals surface area contributed by atoms with Gasteiger partial charge in [0, 0.05) is 24.2 Å². The molecule has 1 aliphatic rings. The van der Waals surface area contributed by atoms with Crippen molar-refractivity contribution in [3.8, 4) is 17.2 Å². The van der Waals surface area contributed by atoms with Crippen molar-refractivity contribution in [2.45, 2.75) is 25.4 Å². The number of piperidine rings is 1. The molecule has 0 radical (unpaired) electrons. The van der Waals surface area contributed by atoms with Gasteiger partial charge in [0.1, 0.15) is 5.75 Å². The van der Waals surface area contributed by atoms with Gasteiger partial charge in [-0.25, -0.2) is 0 Å². The summed E-state index contributed by atoms with van der Waals surface area (Å²) < 4.78 is 16.1. The molecule has 1 saturated heterocycles. The van der Waals surface area contributed by atoms with E-state index in [9.17, 15) is 0 Å². The van der Waals surface area contributed by atoms with Crippen molar-refractivity contribution < 1.29 is 14.2 Å². The number of hydrogen-bond acceptors (Lipinski definition) is 5. The van der Waals surface area contributed by atoms with Crippen molar-refractivity contribution in [2.24, 2.45) is 0 Å². The van der Waals surface area contributed by atoms with Crippen LogP contribution in [-0.4, -0.2) is 52.4 Å². The van der Waals surface area contributed by atoms with Gasteiger partial charge < -0.3 is 24.4 Å². The Bertz CT molecular complexity index is 457. The van der Waals surface area contributed by atoms with E-state index < -0.39 is 0 Å².